The number of nitrogen functional groups attached to an aromatic ring is 1. The Hall–Kier alpha value is -2.67. The van der Waals surface area contributed by atoms with Gasteiger partial charge in [-0.1, -0.05) is 0 Å². The van der Waals surface area contributed by atoms with Crippen LogP contribution in [0.3, 0.4) is 0 Å². The number of fused-ring (bicyclic) bond motifs is 1. The average molecular weight is 337 g/mol. The molecular weight excluding hydrogens is 314 g/mol. The topological polar surface area (TPSA) is 107 Å². The van der Waals surface area contributed by atoms with Crippen LogP contribution in [0.15, 0.2) is 30.7 Å². The number of nitrogens with zero attached hydrogens (tertiary/aromatic N) is 4. The second-order valence-electron chi connectivity index (χ2n) is 6.79. The number of pyridine rings is 1. The van der Waals surface area contributed by atoms with Crippen LogP contribution in [0.5, 0.6) is 0 Å². The van der Waals surface area contributed by atoms with Crippen LogP contribution in [-0.2, 0) is 0 Å². The lowest BCUT2D eigenvalue weighted by Crippen LogP contribution is -2.26. The van der Waals surface area contributed by atoms with Gasteiger partial charge in [-0.25, -0.2) is 9.50 Å². The number of hydrogen-bond donors (Lipinski definition) is 3. The largest absolute Gasteiger partial charge is 0.382 e. The molecule has 0 atom stereocenters. The minimum absolute atomic E-state index is 0.292. The standard InChI is InChI=1S/C18H23N7/c1-11-10-14(6-7-21-11)23-16-15(12-2-4-13(19)5-3-12)17(20)24-25-9-8-22-18(16)25/h6-10,12-13H,2-5,19H2,1H3,(H2,20,24)(H,21,23). The predicted molar refractivity (Wildman–Crippen MR) is 98.8 cm³/mol. The van der Waals surface area contributed by atoms with Crippen molar-refractivity contribution in [3.63, 3.8) is 0 Å². The number of imidazole rings is 1. The predicted octanol–water partition coefficient (Wildman–Crippen LogP) is 2.74. The molecule has 1 saturated carbocycles. The first kappa shape index (κ1) is 15.8. The highest BCUT2D eigenvalue weighted by molar-refractivity contribution is 5.80. The fourth-order valence-electron chi connectivity index (χ4n) is 3.69. The molecule has 0 aromatic carbocycles. The SMILES string of the molecule is Cc1cc(Nc2c(C3CCC(N)CC3)c(N)nn3ccnc23)ccn1. The minimum Gasteiger partial charge on any atom is -0.382 e. The molecule has 0 saturated heterocycles. The molecule has 3 aromatic rings. The number of nitrogens with one attached hydrogen (secondary N) is 1. The molecule has 1 aliphatic rings. The Balaban J connectivity index is 1.82. The zero-order valence-corrected chi connectivity index (χ0v) is 14.3. The van der Waals surface area contributed by atoms with E-state index in [9.17, 15) is 0 Å². The van der Waals surface area contributed by atoms with Crippen molar-refractivity contribution in [3.8, 4) is 0 Å². The van der Waals surface area contributed by atoms with E-state index in [0.29, 0.717) is 17.8 Å². The van der Waals surface area contributed by atoms with Gasteiger partial charge in [0.1, 0.15) is 5.82 Å². The molecule has 1 aliphatic carbocycles. The summed E-state index contributed by atoms with van der Waals surface area (Å²) in [5.41, 5.74) is 17.1. The molecule has 3 aromatic heterocycles. The van der Waals surface area contributed by atoms with Crippen LogP contribution in [0, 0.1) is 6.92 Å². The van der Waals surface area contributed by atoms with Crippen molar-refractivity contribution in [2.24, 2.45) is 5.73 Å². The number of aryl methyl sites for hydroxylation is 1. The summed E-state index contributed by atoms with van der Waals surface area (Å²) in [7, 11) is 0. The Bertz CT molecular complexity index is 894. The van der Waals surface area contributed by atoms with E-state index in [1.165, 1.54) is 0 Å². The monoisotopic (exact) mass is 337 g/mol. The Morgan fingerprint density at radius 2 is 1.96 bits per heavy atom. The van der Waals surface area contributed by atoms with Gasteiger partial charge in [0.05, 0.1) is 5.69 Å². The quantitative estimate of drug-likeness (QED) is 0.678. The smallest absolute Gasteiger partial charge is 0.177 e. The summed E-state index contributed by atoms with van der Waals surface area (Å²) in [5.74, 6) is 0.902. The van der Waals surface area contributed by atoms with Crippen molar-refractivity contribution < 1.29 is 0 Å². The number of anilines is 3. The molecule has 0 radical (unpaired) electrons. The van der Waals surface area contributed by atoms with Gasteiger partial charge in [0, 0.05) is 41.6 Å². The van der Waals surface area contributed by atoms with Gasteiger partial charge in [0.2, 0.25) is 0 Å². The molecule has 130 valence electrons. The second-order valence-corrected chi connectivity index (χ2v) is 6.79. The van der Waals surface area contributed by atoms with Crippen LogP contribution in [0.1, 0.15) is 42.9 Å². The van der Waals surface area contributed by atoms with E-state index in [2.05, 4.69) is 20.4 Å². The molecule has 7 nitrogen and oxygen atoms in total. The Morgan fingerprint density at radius 1 is 1.16 bits per heavy atom. The first-order valence-corrected chi connectivity index (χ1v) is 8.70. The lowest BCUT2D eigenvalue weighted by atomic mass is 9.81. The Kier molecular flexibility index (Phi) is 4.01. The fourth-order valence-corrected chi connectivity index (χ4v) is 3.69. The Labute approximate surface area is 146 Å². The van der Waals surface area contributed by atoms with E-state index < -0.39 is 0 Å². The molecule has 7 heteroatoms. The van der Waals surface area contributed by atoms with E-state index in [1.807, 2.05) is 25.3 Å². The van der Waals surface area contributed by atoms with Crippen molar-refractivity contribution in [2.75, 3.05) is 11.1 Å². The van der Waals surface area contributed by atoms with Gasteiger partial charge in [-0.3, -0.25) is 4.98 Å². The summed E-state index contributed by atoms with van der Waals surface area (Å²) < 4.78 is 1.73. The Morgan fingerprint density at radius 3 is 2.72 bits per heavy atom. The molecular formula is C18H23N7. The number of rotatable bonds is 3. The maximum atomic E-state index is 6.35. The van der Waals surface area contributed by atoms with Crippen molar-refractivity contribution in [2.45, 2.75) is 44.6 Å². The van der Waals surface area contributed by atoms with Crippen LogP contribution < -0.4 is 16.8 Å². The fraction of sp³-hybridized carbons (Fsp3) is 0.389. The van der Waals surface area contributed by atoms with Crippen molar-refractivity contribution in [3.05, 3.63) is 42.0 Å². The van der Waals surface area contributed by atoms with Crippen LogP contribution >= 0.6 is 0 Å². The third kappa shape index (κ3) is 3.02. The summed E-state index contributed by atoms with van der Waals surface area (Å²) in [5, 5.41) is 8.02. The molecule has 0 amide bonds. The zero-order chi connectivity index (χ0) is 17.4. The molecule has 5 N–H and O–H groups in total. The zero-order valence-electron chi connectivity index (χ0n) is 14.3. The third-order valence-corrected chi connectivity index (χ3v) is 4.95. The van der Waals surface area contributed by atoms with Crippen molar-refractivity contribution in [1.29, 1.82) is 0 Å². The normalized spacial score (nSPS) is 20.7. The summed E-state index contributed by atoms with van der Waals surface area (Å²) in [4.78, 5) is 8.75. The van der Waals surface area contributed by atoms with E-state index >= 15 is 0 Å². The molecule has 0 spiro atoms. The van der Waals surface area contributed by atoms with Gasteiger partial charge in [0.15, 0.2) is 5.65 Å². The maximum Gasteiger partial charge on any atom is 0.177 e. The summed E-state index contributed by atoms with van der Waals surface area (Å²) in [6.45, 7) is 1.97. The molecule has 3 heterocycles. The second kappa shape index (κ2) is 6.33. The van der Waals surface area contributed by atoms with Crippen molar-refractivity contribution >= 4 is 22.8 Å². The third-order valence-electron chi connectivity index (χ3n) is 4.95. The first-order chi connectivity index (χ1) is 12.1. The molecule has 0 aliphatic heterocycles. The highest BCUT2D eigenvalue weighted by atomic mass is 15.3. The molecule has 0 unspecified atom stereocenters. The summed E-state index contributed by atoms with van der Waals surface area (Å²) in [6, 6.07) is 4.25. The highest BCUT2D eigenvalue weighted by Crippen LogP contribution is 2.41. The highest BCUT2D eigenvalue weighted by Gasteiger charge is 2.27. The van der Waals surface area contributed by atoms with E-state index in [0.717, 1.165) is 54.0 Å². The van der Waals surface area contributed by atoms with Gasteiger partial charge < -0.3 is 16.8 Å². The van der Waals surface area contributed by atoms with Crippen molar-refractivity contribution in [1.82, 2.24) is 19.6 Å². The summed E-state index contributed by atoms with van der Waals surface area (Å²) in [6.07, 6.45) is 9.42. The molecule has 25 heavy (non-hydrogen) atoms. The van der Waals surface area contributed by atoms with Gasteiger partial charge in [0.25, 0.3) is 0 Å². The van der Waals surface area contributed by atoms with Gasteiger partial charge >= 0.3 is 0 Å². The molecule has 4 rings (SSSR count). The maximum absolute atomic E-state index is 6.35. The number of hydrogen-bond acceptors (Lipinski definition) is 6. The number of nitrogens with two attached hydrogens (primary N) is 2. The van der Waals surface area contributed by atoms with Crippen LogP contribution in [0.4, 0.5) is 17.2 Å². The van der Waals surface area contributed by atoms with E-state index in [4.69, 9.17) is 11.5 Å². The van der Waals surface area contributed by atoms with Gasteiger partial charge in [-0.2, -0.15) is 0 Å². The van der Waals surface area contributed by atoms with E-state index in [1.54, 1.807) is 16.9 Å². The van der Waals surface area contributed by atoms with Gasteiger partial charge in [-0.15, -0.1) is 5.10 Å². The van der Waals surface area contributed by atoms with E-state index in [-0.39, 0.29) is 0 Å². The van der Waals surface area contributed by atoms with Crippen LogP contribution in [-0.4, -0.2) is 25.6 Å². The number of aromatic nitrogens is 4. The molecule has 1 fully saturated rings. The lowest BCUT2D eigenvalue weighted by Gasteiger charge is -2.28. The first-order valence-electron chi connectivity index (χ1n) is 8.70. The average Bonchev–Trinajstić information content (AvgIpc) is 3.04. The minimum atomic E-state index is 0.292. The van der Waals surface area contributed by atoms with Gasteiger partial charge in [-0.05, 0) is 50.7 Å². The van der Waals surface area contributed by atoms with Crippen LogP contribution in [0.25, 0.3) is 5.65 Å². The lowest BCUT2D eigenvalue weighted by molar-refractivity contribution is 0.396. The summed E-state index contributed by atoms with van der Waals surface area (Å²) >= 11 is 0. The van der Waals surface area contributed by atoms with Crippen LogP contribution in [0.2, 0.25) is 0 Å². The molecule has 0 bridgehead atoms.